The zero-order chi connectivity index (χ0) is 13.8. The molecule has 0 aliphatic rings. The zero-order valence-electron chi connectivity index (χ0n) is 10.1. The number of nitrogens with zero attached hydrogens (tertiary/aromatic N) is 4. The fourth-order valence-corrected chi connectivity index (χ4v) is 1.94. The molecule has 19 heavy (non-hydrogen) atoms. The van der Waals surface area contributed by atoms with Gasteiger partial charge in [-0.3, -0.25) is 10.1 Å². The molecule has 0 aliphatic carbocycles. The second kappa shape index (κ2) is 5.77. The molecule has 0 bridgehead atoms. The van der Waals surface area contributed by atoms with Gasteiger partial charge in [0, 0.05) is 19.7 Å². The lowest BCUT2D eigenvalue weighted by atomic mass is 10.1. The van der Waals surface area contributed by atoms with E-state index < -0.39 is 4.92 Å². The topological polar surface area (TPSA) is 83.1 Å². The Labute approximate surface area is 113 Å². The van der Waals surface area contributed by atoms with E-state index in [-0.39, 0.29) is 16.3 Å². The molecule has 100 valence electrons. The van der Waals surface area contributed by atoms with Gasteiger partial charge in [0.15, 0.2) is 5.82 Å². The first kappa shape index (κ1) is 13.4. The van der Waals surface area contributed by atoms with E-state index in [9.17, 15) is 10.1 Å². The van der Waals surface area contributed by atoms with E-state index in [0.29, 0.717) is 19.0 Å². The molecule has 8 heteroatoms. The number of nitro groups is 1. The molecule has 7 nitrogen and oxygen atoms in total. The van der Waals surface area contributed by atoms with E-state index in [2.05, 4.69) is 10.2 Å². The third kappa shape index (κ3) is 2.72. The highest BCUT2D eigenvalue weighted by atomic mass is 35.5. The van der Waals surface area contributed by atoms with Gasteiger partial charge in [-0.25, -0.2) is 0 Å². The van der Waals surface area contributed by atoms with Crippen LogP contribution in [0.3, 0.4) is 0 Å². The van der Waals surface area contributed by atoms with E-state index in [1.165, 1.54) is 18.5 Å². The number of halogens is 1. The smallest absolute Gasteiger partial charge is 0.281 e. The van der Waals surface area contributed by atoms with Gasteiger partial charge in [0.05, 0.1) is 16.6 Å². The van der Waals surface area contributed by atoms with Crippen LogP contribution in [0, 0.1) is 10.1 Å². The van der Waals surface area contributed by atoms with Gasteiger partial charge in [-0.15, -0.1) is 10.2 Å². The maximum Gasteiger partial charge on any atom is 0.281 e. The Balaban J connectivity index is 2.52. The third-order valence-corrected chi connectivity index (χ3v) is 2.88. The molecule has 1 heterocycles. The van der Waals surface area contributed by atoms with Crippen LogP contribution in [-0.4, -0.2) is 33.4 Å². The average molecular weight is 283 g/mol. The largest absolute Gasteiger partial charge is 0.383 e. The molecular weight excluding hydrogens is 272 g/mol. The third-order valence-electron chi connectivity index (χ3n) is 2.56. The number of methoxy groups -OCH3 is 1. The summed E-state index contributed by atoms with van der Waals surface area (Å²) in [6.45, 7) is 0.935. The monoisotopic (exact) mass is 282 g/mol. The normalized spacial score (nSPS) is 10.6. The molecule has 1 aromatic heterocycles. The predicted molar refractivity (Wildman–Crippen MR) is 69.0 cm³/mol. The first-order valence-corrected chi connectivity index (χ1v) is 5.83. The number of aromatic nitrogens is 3. The lowest BCUT2D eigenvalue weighted by molar-refractivity contribution is -0.384. The molecule has 0 atom stereocenters. The SMILES string of the molecule is COCCn1cnnc1-c1c(Cl)cccc1[N+](=O)[O-]. The second-order valence-electron chi connectivity index (χ2n) is 3.73. The second-order valence-corrected chi connectivity index (χ2v) is 4.14. The van der Waals surface area contributed by atoms with Gasteiger partial charge in [-0.05, 0) is 6.07 Å². The summed E-state index contributed by atoms with van der Waals surface area (Å²) in [4.78, 5) is 10.6. The Kier molecular flexibility index (Phi) is 4.08. The lowest BCUT2D eigenvalue weighted by Gasteiger charge is -2.07. The van der Waals surface area contributed by atoms with Crippen molar-refractivity contribution in [3.8, 4) is 11.4 Å². The van der Waals surface area contributed by atoms with Gasteiger partial charge >= 0.3 is 0 Å². The Morgan fingerprint density at radius 1 is 1.53 bits per heavy atom. The minimum Gasteiger partial charge on any atom is -0.383 e. The van der Waals surface area contributed by atoms with Crippen LogP contribution < -0.4 is 0 Å². The molecule has 0 aliphatic heterocycles. The number of nitro benzene ring substituents is 1. The predicted octanol–water partition coefficient (Wildman–Crippen LogP) is 2.15. The number of hydrogen-bond acceptors (Lipinski definition) is 5. The van der Waals surface area contributed by atoms with Gasteiger partial charge in [-0.1, -0.05) is 17.7 Å². The van der Waals surface area contributed by atoms with Crippen molar-refractivity contribution in [3.63, 3.8) is 0 Å². The van der Waals surface area contributed by atoms with Crippen LogP contribution >= 0.6 is 11.6 Å². The van der Waals surface area contributed by atoms with Crippen molar-refractivity contribution < 1.29 is 9.66 Å². The van der Waals surface area contributed by atoms with Crippen molar-refractivity contribution in [1.82, 2.24) is 14.8 Å². The summed E-state index contributed by atoms with van der Waals surface area (Å²) in [5.74, 6) is 0.356. The fraction of sp³-hybridized carbons (Fsp3) is 0.273. The minimum absolute atomic E-state index is 0.0980. The van der Waals surface area contributed by atoms with Crippen LogP contribution in [0.15, 0.2) is 24.5 Å². The Morgan fingerprint density at radius 2 is 2.32 bits per heavy atom. The molecule has 0 spiro atoms. The van der Waals surface area contributed by atoms with Gasteiger partial charge in [0.2, 0.25) is 0 Å². The molecular formula is C11H11ClN4O3. The van der Waals surface area contributed by atoms with Gasteiger partial charge in [0.1, 0.15) is 11.9 Å². The summed E-state index contributed by atoms with van der Waals surface area (Å²) < 4.78 is 6.64. The first-order chi connectivity index (χ1) is 9.15. The highest BCUT2D eigenvalue weighted by molar-refractivity contribution is 6.33. The standard InChI is InChI=1S/C11H11ClN4O3/c1-19-6-5-15-7-13-14-11(15)10-8(12)3-2-4-9(10)16(17)18/h2-4,7H,5-6H2,1H3. The van der Waals surface area contributed by atoms with E-state index in [1.54, 1.807) is 17.7 Å². The van der Waals surface area contributed by atoms with E-state index >= 15 is 0 Å². The quantitative estimate of drug-likeness (QED) is 0.620. The Bertz CT molecular complexity index is 599. The molecule has 1 aromatic carbocycles. The highest BCUT2D eigenvalue weighted by Gasteiger charge is 2.22. The van der Waals surface area contributed by atoms with Crippen molar-refractivity contribution in [1.29, 1.82) is 0 Å². The van der Waals surface area contributed by atoms with E-state index in [1.807, 2.05) is 0 Å². The summed E-state index contributed by atoms with van der Waals surface area (Å²) in [6, 6.07) is 4.50. The molecule has 0 unspecified atom stereocenters. The summed E-state index contributed by atoms with van der Waals surface area (Å²) in [6.07, 6.45) is 1.49. The van der Waals surface area contributed by atoms with Crippen molar-refractivity contribution in [2.45, 2.75) is 6.54 Å². The molecule has 2 rings (SSSR count). The maximum atomic E-state index is 11.1. The van der Waals surface area contributed by atoms with Gasteiger partial charge < -0.3 is 9.30 Å². The average Bonchev–Trinajstić information content (AvgIpc) is 2.83. The molecule has 0 N–H and O–H groups in total. The lowest BCUT2D eigenvalue weighted by Crippen LogP contribution is -2.06. The summed E-state index contributed by atoms with van der Waals surface area (Å²) >= 11 is 6.05. The number of ether oxygens (including phenoxy) is 1. The number of rotatable bonds is 5. The summed E-state index contributed by atoms with van der Waals surface area (Å²) in [7, 11) is 1.57. The van der Waals surface area contributed by atoms with Crippen molar-refractivity contribution in [2.24, 2.45) is 0 Å². The Morgan fingerprint density at radius 3 is 3.00 bits per heavy atom. The number of benzene rings is 1. The van der Waals surface area contributed by atoms with Crippen LogP contribution in [0.4, 0.5) is 5.69 Å². The number of hydrogen-bond donors (Lipinski definition) is 0. The molecule has 0 amide bonds. The van der Waals surface area contributed by atoms with Crippen molar-refractivity contribution >= 4 is 17.3 Å². The molecule has 2 aromatic rings. The molecule has 0 fully saturated rings. The van der Waals surface area contributed by atoms with Crippen molar-refractivity contribution in [2.75, 3.05) is 13.7 Å². The van der Waals surface area contributed by atoms with Crippen LogP contribution in [0.1, 0.15) is 0 Å². The first-order valence-electron chi connectivity index (χ1n) is 5.45. The van der Waals surface area contributed by atoms with Crippen LogP contribution in [-0.2, 0) is 11.3 Å². The molecule has 0 saturated heterocycles. The van der Waals surface area contributed by atoms with E-state index in [0.717, 1.165) is 0 Å². The minimum atomic E-state index is -0.490. The Hall–Kier alpha value is -1.99. The summed E-state index contributed by atoms with van der Waals surface area (Å²) in [5, 5.41) is 19.0. The van der Waals surface area contributed by atoms with Crippen LogP contribution in [0.25, 0.3) is 11.4 Å². The van der Waals surface area contributed by atoms with Crippen LogP contribution in [0.2, 0.25) is 5.02 Å². The molecule has 0 saturated carbocycles. The highest BCUT2D eigenvalue weighted by Crippen LogP contribution is 2.34. The van der Waals surface area contributed by atoms with Gasteiger partial charge in [0.25, 0.3) is 5.69 Å². The van der Waals surface area contributed by atoms with Crippen LogP contribution in [0.5, 0.6) is 0 Å². The summed E-state index contributed by atoms with van der Waals surface area (Å²) in [5.41, 5.74) is 0.168. The molecule has 0 radical (unpaired) electrons. The van der Waals surface area contributed by atoms with Gasteiger partial charge in [-0.2, -0.15) is 0 Å². The zero-order valence-corrected chi connectivity index (χ0v) is 10.9. The van der Waals surface area contributed by atoms with E-state index in [4.69, 9.17) is 16.3 Å². The van der Waals surface area contributed by atoms with Crippen molar-refractivity contribution in [3.05, 3.63) is 39.7 Å². The fourth-order valence-electron chi connectivity index (χ4n) is 1.69. The maximum absolute atomic E-state index is 11.1.